The zero-order chi connectivity index (χ0) is 5.11. The fourth-order valence-electron chi connectivity index (χ4n) is 0.961. The van der Waals surface area contributed by atoms with Gasteiger partial charge in [-0.05, 0) is 31.8 Å². The summed E-state index contributed by atoms with van der Waals surface area (Å²) < 4.78 is 0. The van der Waals surface area contributed by atoms with Crippen LogP contribution in [0.4, 0.5) is 0 Å². The van der Waals surface area contributed by atoms with E-state index >= 15 is 0 Å². The summed E-state index contributed by atoms with van der Waals surface area (Å²) in [5.41, 5.74) is 0. The molecule has 41 valence electrons. The summed E-state index contributed by atoms with van der Waals surface area (Å²) in [6, 6.07) is 0. The summed E-state index contributed by atoms with van der Waals surface area (Å²) in [5, 5.41) is 3.29. The topological polar surface area (TPSA) is 12.0 Å². The highest BCUT2D eigenvalue weighted by molar-refractivity contribution is 4.79. The molecule has 1 aliphatic heterocycles. The van der Waals surface area contributed by atoms with Gasteiger partial charge < -0.3 is 5.32 Å². The van der Waals surface area contributed by atoms with Crippen LogP contribution in [0, 0.1) is 12.3 Å². The third-order valence-electron chi connectivity index (χ3n) is 1.57. The quantitative estimate of drug-likeness (QED) is 0.512. The van der Waals surface area contributed by atoms with Crippen LogP contribution in [-0.4, -0.2) is 13.1 Å². The maximum Gasteiger partial charge on any atom is -0.00174 e. The number of hydrogen-bond acceptors (Lipinski definition) is 1. The van der Waals surface area contributed by atoms with Crippen molar-refractivity contribution in [2.45, 2.75) is 13.3 Å². The van der Waals surface area contributed by atoms with Crippen LogP contribution in [-0.2, 0) is 0 Å². The smallest absolute Gasteiger partial charge is 0.00174 e. The van der Waals surface area contributed by atoms with Gasteiger partial charge in [-0.2, -0.15) is 0 Å². The van der Waals surface area contributed by atoms with Gasteiger partial charge in [0.15, 0.2) is 0 Å². The molecule has 1 N–H and O–H groups in total. The van der Waals surface area contributed by atoms with Gasteiger partial charge in [0.05, 0.1) is 0 Å². The first-order valence-electron chi connectivity index (χ1n) is 2.93. The largest absolute Gasteiger partial charge is 0.316 e. The van der Waals surface area contributed by atoms with Crippen LogP contribution in [0.5, 0.6) is 0 Å². The van der Waals surface area contributed by atoms with Crippen molar-refractivity contribution in [1.29, 1.82) is 0 Å². The summed E-state index contributed by atoms with van der Waals surface area (Å²) in [6.45, 7) is 4.56. The summed E-state index contributed by atoms with van der Waals surface area (Å²) in [7, 11) is 0. The number of hydrogen-bond donors (Lipinski definition) is 1. The Morgan fingerprint density at radius 2 is 2.57 bits per heavy atom. The molecular formula is C6H12N. The Hall–Kier alpha value is -0.0400. The minimum Gasteiger partial charge on any atom is -0.316 e. The molecule has 0 aliphatic carbocycles. The fourth-order valence-corrected chi connectivity index (χ4v) is 0.961. The number of rotatable bonds is 1. The van der Waals surface area contributed by atoms with Gasteiger partial charge in [0.2, 0.25) is 0 Å². The standard InChI is InChI=1S/C6H12N/c1-2-6-3-4-7-5-6/h2,6-7H,3-5H2,1H3. The second kappa shape index (κ2) is 2.31. The van der Waals surface area contributed by atoms with Gasteiger partial charge in [0.25, 0.3) is 0 Å². The Kier molecular flexibility index (Phi) is 1.69. The van der Waals surface area contributed by atoms with Gasteiger partial charge in [-0.1, -0.05) is 6.92 Å². The highest BCUT2D eigenvalue weighted by Gasteiger charge is 2.10. The molecule has 0 amide bonds. The maximum absolute atomic E-state index is 3.29. The van der Waals surface area contributed by atoms with Gasteiger partial charge in [0, 0.05) is 0 Å². The molecule has 1 saturated heterocycles. The highest BCUT2D eigenvalue weighted by atomic mass is 14.9. The molecule has 1 atom stereocenters. The van der Waals surface area contributed by atoms with E-state index < -0.39 is 0 Å². The Balaban J connectivity index is 2.14. The minimum atomic E-state index is 0.861. The molecule has 0 aromatic carbocycles. The predicted molar refractivity (Wildman–Crippen MR) is 31.0 cm³/mol. The molecule has 0 aromatic rings. The van der Waals surface area contributed by atoms with Crippen LogP contribution in [0.3, 0.4) is 0 Å². The molecule has 1 radical (unpaired) electrons. The summed E-state index contributed by atoms with van der Waals surface area (Å²) in [5.74, 6) is 0.861. The normalized spacial score (nSPS) is 31.3. The van der Waals surface area contributed by atoms with E-state index in [4.69, 9.17) is 0 Å². The van der Waals surface area contributed by atoms with Gasteiger partial charge in [-0.25, -0.2) is 0 Å². The Morgan fingerprint density at radius 1 is 1.71 bits per heavy atom. The molecule has 1 rings (SSSR count). The lowest BCUT2D eigenvalue weighted by Crippen LogP contribution is -2.08. The van der Waals surface area contributed by atoms with Gasteiger partial charge in [0.1, 0.15) is 0 Å². The first-order chi connectivity index (χ1) is 3.43. The van der Waals surface area contributed by atoms with Crippen molar-refractivity contribution in [3.05, 3.63) is 6.42 Å². The van der Waals surface area contributed by atoms with E-state index in [9.17, 15) is 0 Å². The average molecular weight is 98.2 g/mol. The maximum atomic E-state index is 3.29. The first kappa shape index (κ1) is 5.10. The molecule has 7 heavy (non-hydrogen) atoms. The SMILES string of the molecule is C[CH]C1CCNC1. The molecule has 1 unspecified atom stereocenters. The van der Waals surface area contributed by atoms with Crippen LogP contribution in [0.1, 0.15) is 13.3 Å². The lowest BCUT2D eigenvalue weighted by Gasteiger charge is -1.98. The van der Waals surface area contributed by atoms with E-state index in [1.165, 1.54) is 19.5 Å². The molecule has 0 spiro atoms. The minimum absolute atomic E-state index is 0.861. The molecule has 0 aromatic heterocycles. The van der Waals surface area contributed by atoms with E-state index in [1.54, 1.807) is 0 Å². The lowest BCUT2D eigenvalue weighted by atomic mass is 10.1. The molecular weight excluding hydrogens is 86.1 g/mol. The zero-order valence-electron chi connectivity index (χ0n) is 4.78. The van der Waals surface area contributed by atoms with Crippen LogP contribution in [0.2, 0.25) is 0 Å². The molecule has 1 heteroatoms. The Morgan fingerprint density at radius 3 is 2.86 bits per heavy atom. The number of nitrogens with one attached hydrogen (secondary N) is 1. The van der Waals surface area contributed by atoms with E-state index in [0.717, 1.165) is 5.92 Å². The first-order valence-corrected chi connectivity index (χ1v) is 2.93. The second-order valence-electron chi connectivity index (χ2n) is 2.09. The third kappa shape index (κ3) is 1.16. The zero-order valence-corrected chi connectivity index (χ0v) is 4.78. The second-order valence-corrected chi connectivity index (χ2v) is 2.09. The summed E-state index contributed by atoms with van der Waals surface area (Å²) in [6.07, 6.45) is 3.62. The summed E-state index contributed by atoms with van der Waals surface area (Å²) in [4.78, 5) is 0. The monoisotopic (exact) mass is 98.1 g/mol. The van der Waals surface area contributed by atoms with Crippen molar-refractivity contribution in [1.82, 2.24) is 5.32 Å². The fraction of sp³-hybridized carbons (Fsp3) is 0.833. The predicted octanol–water partition coefficient (Wildman–Crippen LogP) is 0.820. The Labute approximate surface area is 45.1 Å². The van der Waals surface area contributed by atoms with E-state index in [-0.39, 0.29) is 0 Å². The van der Waals surface area contributed by atoms with Crippen LogP contribution in [0.15, 0.2) is 0 Å². The summed E-state index contributed by atoms with van der Waals surface area (Å²) >= 11 is 0. The van der Waals surface area contributed by atoms with E-state index in [0.29, 0.717) is 0 Å². The molecule has 1 fully saturated rings. The van der Waals surface area contributed by atoms with Crippen molar-refractivity contribution < 1.29 is 0 Å². The van der Waals surface area contributed by atoms with E-state index in [2.05, 4.69) is 18.7 Å². The third-order valence-corrected chi connectivity index (χ3v) is 1.57. The van der Waals surface area contributed by atoms with Crippen LogP contribution in [0.25, 0.3) is 0 Å². The van der Waals surface area contributed by atoms with Crippen LogP contribution >= 0.6 is 0 Å². The lowest BCUT2D eigenvalue weighted by molar-refractivity contribution is 0.675. The van der Waals surface area contributed by atoms with Crippen molar-refractivity contribution in [3.63, 3.8) is 0 Å². The molecule has 0 bridgehead atoms. The van der Waals surface area contributed by atoms with Crippen molar-refractivity contribution in [2.24, 2.45) is 5.92 Å². The van der Waals surface area contributed by atoms with Crippen molar-refractivity contribution in [2.75, 3.05) is 13.1 Å². The average Bonchev–Trinajstić information content (AvgIpc) is 2.14. The van der Waals surface area contributed by atoms with Gasteiger partial charge in [-0.3, -0.25) is 0 Å². The van der Waals surface area contributed by atoms with E-state index in [1.807, 2.05) is 0 Å². The molecule has 1 nitrogen and oxygen atoms in total. The Bertz CT molecular complexity index is 46.1. The highest BCUT2D eigenvalue weighted by Crippen LogP contribution is 2.08. The van der Waals surface area contributed by atoms with Gasteiger partial charge in [-0.15, -0.1) is 0 Å². The van der Waals surface area contributed by atoms with Crippen molar-refractivity contribution >= 4 is 0 Å². The van der Waals surface area contributed by atoms with Crippen LogP contribution < -0.4 is 5.32 Å². The molecule has 0 saturated carbocycles. The molecule has 1 aliphatic rings. The molecule has 1 heterocycles. The van der Waals surface area contributed by atoms with Gasteiger partial charge >= 0.3 is 0 Å². The van der Waals surface area contributed by atoms with Crippen molar-refractivity contribution in [3.8, 4) is 0 Å².